The van der Waals surface area contributed by atoms with E-state index in [-0.39, 0.29) is 0 Å². The maximum Gasteiger partial charge on any atom is 0.192 e. The summed E-state index contributed by atoms with van der Waals surface area (Å²) in [6.45, 7) is 12.9. The second-order valence-electron chi connectivity index (χ2n) is 10.2. The molecule has 0 radical (unpaired) electrons. The first-order chi connectivity index (χ1) is 13.8. The molecule has 29 heavy (non-hydrogen) atoms. The van der Waals surface area contributed by atoms with Crippen molar-refractivity contribution in [3.05, 3.63) is 59.2 Å². The van der Waals surface area contributed by atoms with Gasteiger partial charge < -0.3 is 9.47 Å². The molecule has 0 amide bonds. The molecule has 2 fully saturated rings. The first kappa shape index (κ1) is 20.6. The Kier molecular flexibility index (Phi) is 5.61. The van der Waals surface area contributed by atoms with Crippen molar-refractivity contribution in [1.29, 1.82) is 0 Å². The number of benzene rings is 2. The van der Waals surface area contributed by atoms with Gasteiger partial charge in [-0.1, -0.05) is 70.5 Å². The van der Waals surface area contributed by atoms with Crippen LogP contribution in [0.5, 0.6) is 0 Å². The van der Waals surface area contributed by atoms with Gasteiger partial charge in [-0.25, -0.2) is 0 Å². The van der Waals surface area contributed by atoms with Gasteiger partial charge in [-0.3, -0.25) is 0 Å². The lowest BCUT2D eigenvalue weighted by Crippen LogP contribution is -2.22. The van der Waals surface area contributed by atoms with E-state index in [1.807, 2.05) is 6.92 Å². The lowest BCUT2D eigenvalue weighted by molar-refractivity contribution is -0.149. The highest BCUT2D eigenvalue weighted by molar-refractivity contribution is 5.70. The van der Waals surface area contributed by atoms with Crippen molar-refractivity contribution in [2.45, 2.75) is 72.0 Å². The summed E-state index contributed by atoms with van der Waals surface area (Å²) in [5.41, 5.74) is 7.10. The Morgan fingerprint density at radius 2 is 1.76 bits per heavy atom. The molecule has 1 atom stereocenters. The lowest BCUT2D eigenvalue weighted by Gasteiger charge is -2.30. The van der Waals surface area contributed by atoms with Crippen LogP contribution in [-0.4, -0.2) is 13.2 Å². The molecule has 4 rings (SSSR count). The van der Waals surface area contributed by atoms with Crippen LogP contribution >= 0.6 is 0 Å². The van der Waals surface area contributed by atoms with Gasteiger partial charge in [0.25, 0.3) is 0 Å². The maximum absolute atomic E-state index is 5.92. The topological polar surface area (TPSA) is 18.5 Å². The molecule has 1 heterocycles. The van der Waals surface area contributed by atoms with Gasteiger partial charge in [0.2, 0.25) is 0 Å². The number of ether oxygens (including phenoxy) is 2. The highest BCUT2D eigenvalue weighted by atomic mass is 16.7. The highest BCUT2D eigenvalue weighted by Gasteiger charge is 2.37. The molecule has 0 N–H and O–H groups in total. The van der Waals surface area contributed by atoms with E-state index in [2.05, 4.69) is 70.2 Å². The number of hydrogen-bond acceptors (Lipinski definition) is 2. The monoisotopic (exact) mass is 392 g/mol. The van der Waals surface area contributed by atoms with Gasteiger partial charge in [0.15, 0.2) is 5.79 Å². The molecule has 1 saturated carbocycles. The third kappa shape index (κ3) is 4.15. The Morgan fingerprint density at radius 1 is 1.00 bits per heavy atom. The van der Waals surface area contributed by atoms with Gasteiger partial charge in [-0.05, 0) is 71.8 Å². The van der Waals surface area contributed by atoms with Gasteiger partial charge in [0.1, 0.15) is 0 Å². The van der Waals surface area contributed by atoms with Crippen molar-refractivity contribution in [3.8, 4) is 11.1 Å². The molecule has 0 spiro atoms. The second kappa shape index (κ2) is 7.89. The van der Waals surface area contributed by atoms with Crippen LogP contribution in [0.4, 0.5) is 0 Å². The summed E-state index contributed by atoms with van der Waals surface area (Å²) in [5.74, 6) is 0.661. The summed E-state index contributed by atoms with van der Waals surface area (Å²) in [7, 11) is 0. The largest absolute Gasteiger partial charge is 0.344 e. The smallest absolute Gasteiger partial charge is 0.192 e. The molecule has 2 aromatic rings. The SMILES string of the molecule is CC(C)Cc1ccc(-c2cccc(C3(C)OCCO3)c2)c([C@H]2CCCC2(C)C)c1. The summed E-state index contributed by atoms with van der Waals surface area (Å²) < 4.78 is 11.8. The molecule has 0 unspecified atom stereocenters. The normalized spacial score (nSPS) is 23.0. The van der Waals surface area contributed by atoms with E-state index in [0.717, 1.165) is 12.0 Å². The van der Waals surface area contributed by atoms with Crippen molar-refractivity contribution in [2.24, 2.45) is 11.3 Å². The van der Waals surface area contributed by atoms with Gasteiger partial charge in [0, 0.05) is 5.56 Å². The van der Waals surface area contributed by atoms with Crippen molar-refractivity contribution in [2.75, 3.05) is 13.2 Å². The summed E-state index contributed by atoms with van der Waals surface area (Å²) in [5, 5.41) is 0. The fraction of sp³-hybridized carbons (Fsp3) is 0.556. The molecular formula is C27H36O2. The zero-order chi connectivity index (χ0) is 20.6. The Morgan fingerprint density at radius 3 is 2.41 bits per heavy atom. The van der Waals surface area contributed by atoms with Crippen LogP contribution in [0.15, 0.2) is 42.5 Å². The van der Waals surface area contributed by atoms with E-state index in [0.29, 0.717) is 30.5 Å². The second-order valence-corrected chi connectivity index (χ2v) is 10.2. The highest BCUT2D eigenvalue weighted by Crippen LogP contribution is 2.51. The molecule has 2 heteroatoms. The third-order valence-corrected chi connectivity index (χ3v) is 6.93. The number of rotatable bonds is 5. The van der Waals surface area contributed by atoms with E-state index in [1.54, 1.807) is 0 Å². The zero-order valence-corrected chi connectivity index (χ0v) is 18.8. The average Bonchev–Trinajstić information content (AvgIpc) is 3.27. The lowest BCUT2D eigenvalue weighted by atomic mass is 9.75. The van der Waals surface area contributed by atoms with Crippen molar-refractivity contribution < 1.29 is 9.47 Å². The van der Waals surface area contributed by atoms with Crippen molar-refractivity contribution in [1.82, 2.24) is 0 Å². The molecule has 0 bridgehead atoms. The maximum atomic E-state index is 5.92. The molecule has 2 aliphatic rings. The quantitative estimate of drug-likeness (QED) is 0.542. The fourth-order valence-electron chi connectivity index (χ4n) is 5.32. The zero-order valence-electron chi connectivity index (χ0n) is 18.8. The van der Waals surface area contributed by atoms with Crippen LogP contribution in [-0.2, 0) is 21.7 Å². The van der Waals surface area contributed by atoms with Crippen LogP contribution < -0.4 is 0 Å². The first-order valence-corrected chi connectivity index (χ1v) is 11.3. The minimum absolute atomic E-state index is 0.354. The Balaban J connectivity index is 1.79. The van der Waals surface area contributed by atoms with E-state index < -0.39 is 5.79 Å². The Hall–Kier alpha value is -1.64. The molecular weight excluding hydrogens is 356 g/mol. The molecule has 1 aliphatic heterocycles. The van der Waals surface area contributed by atoms with Crippen molar-refractivity contribution >= 4 is 0 Å². The minimum atomic E-state index is -0.625. The Bertz CT molecular complexity index is 859. The van der Waals surface area contributed by atoms with Crippen LogP contribution in [0, 0.1) is 11.3 Å². The van der Waals surface area contributed by atoms with Gasteiger partial charge >= 0.3 is 0 Å². The molecule has 2 nitrogen and oxygen atoms in total. The summed E-state index contributed by atoms with van der Waals surface area (Å²) in [6.07, 6.45) is 5.06. The molecule has 0 aromatic heterocycles. The predicted octanol–water partition coefficient (Wildman–Crippen LogP) is 7.07. The van der Waals surface area contributed by atoms with E-state index in [9.17, 15) is 0 Å². The number of hydrogen-bond donors (Lipinski definition) is 0. The summed E-state index contributed by atoms with van der Waals surface area (Å²) >= 11 is 0. The van der Waals surface area contributed by atoms with Gasteiger partial charge in [0.05, 0.1) is 13.2 Å². The predicted molar refractivity (Wildman–Crippen MR) is 120 cm³/mol. The van der Waals surface area contributed by atoms with E-state index in [4.69, 9.17) is 9.47 Å². The van der Waals surface area contributed by atoms with Crippen LogP contribution in [0.2, 0.25) is 0 Å². The van der Waals surface area contributed by atoms with Gasteiger partial charge in [-0.15, -0.1) is 0 Å². The van der Waals surface area contributed by atoms with Gasteiger partial charge in [-0.2, -0.15) is 0 Å². The first-order valence-electron chi connectivity index (χ1n) is 11.3. The van der Waals surface area contributed by atoms with Crippen LogP contribution in [0.3, 0.4) is 0 Å². The standard InChI is InChI=1S/C27H36O2/c1-19(2)16-20-11-12-23(24(17-20)25-10-7-13-26(25,3)4)21-8-6-9-22(18-21)27(5)28-14-15-29-27/h6,8-9,11-12,17-19,25H,7,10,13-16H2,1-5H3/t25-/m1/s1. The van der Waals surface area contributed by atoms with Crippen LogP contribution in [0.1, 0.15) is 76.5 Å². The third-order valence-electron chi connectivity index (χ3n) is 6.93. The van der Waals surface area contributed by atoms with E-state index in [1.165, 1.54) is 41.5 Å². The summed E-state index contributed by atoms with van der Waals surface area (Å²) in [4.78, 5) is 0. The van der Waals surface area contributed by atoms with E-state index >= 15 is 0 Å². The Labute approximate surface area is 176 Å². The molecule has 2 aromatic carbocycles. The summed E-state index contributed by atoms with van der Waals surface area (Å²) in [6, 6.07) is 16.0. The van der Waals surface area contributed by atoms with Crippen LogP contribution in [0.25, 0.3) is 11.1 Å². The average molecular weight is 393 g/mol. The molecule has 1 aliphatic carbocycles. The molecule has 1 saturated heterocycles. The molecule has 156 valence electrons. The van der Waals surface area contributed by atoms with Crippen molar-refractivity contribution in [3.63, 3.8) is 0 Å². The minimum Gasteiger partial charge on any atom is -0.344 e. The fourth-order valence-corrected chi connectivity index (χ4v) is 5.32.